The summed E-state index contributed by atoms with van der Waals surface area (Å²) in [5.41, 5.74) is 3.96. The second-order valence-electron chi connectivity index (χ2n) is 5.55. The lowest BCUT2D eigenvalue weighted by Crippen LogP contribution is -2.06. The summed E-state index contributed by atoms with van der Waals surface area (Å²) in [6.45, 7) is 9.25. The molecule has 6 heteroatoms. The first-order valence-electron chi connectivity index (χ1n) is 7.61. The lowest BCUT2D eigenvalue weighted by atomic mass is 10.1. The van der Waals surface area contributed by atoms with E-state index in [9.17, 15) is 10.1 Å². The van der Waals surface area contributed by atoms with Crippen LogP contribution in [-0.4, -0.2) is 22.4 Å². The van der Waals surface area contributed by atoms with Gasteiger partial charge in [-0.05, 0) is 38.5 Å². The lowest BCUT2D eigenvalue weighted by molar-refractivity contribution is -0.137. The molecule has 1 aromatic heterocycles. The van der Waals surface area contributed by atoms with Crippen molar-refractivity contribution in [2.24, 2.45) is 0 Å². The van der Waals surface area contributed by atoms with E-state index in [-0.39, 0.29) is 12.2 Å². The van der Waals surface area contributed by atoms with Crippen molar-refractivity contribution in [1.29, 1.82) is 5.26 Å². The molecule has 0 aliphatic carbocycles. The Bertz CT molecular complexity index is 904. The molecular formula is C19H18ClN3O2. The molecule has 0 radical (unpaired) electrons. The molecule has 0 bridgehead atoms. The van der Waals surface area contributed by atoms with Crippen LogP contribution in [-0.2, 0) is 9.53 Å². The maximum Gasteiger partial charge on any atom is 0.349 e. The SMILES string of the molecule is C=CCOC(=O)/C(C#N)=C/c1c(C)nn(-c2ccc(C)cc2C)c1Cl. The summed E-state index contributed by atoms with van der Waals surface area (Å²) in [4.78, 5) is 11.9. The zero-order valence-electron chi connectivity index (χ0n) is 14.3. The summed E-state index contributed by atoms with van der Waals surface area (Å²) in [7, 11) is 0. The summed E-state index contributed by atoms with van der Waals surface area (Å²) in [5, 5.41) is 14.0. The largest absolute Gasteiger partial charge is 0.457 e. The van der Waals surface area contributed by atoms with E-state index in [1.807, 2.05) is 38.1 Å². The monoisotopic (exact) mass is 355 g/mol. The van der Waals surface area contributed by atoms with Crippen LogP contribution in [0.4, 0.5) is 0 Å². The molecule has 0 unspecified atom stereocenters. The zero-order chi connectivity index (χ0) is 18.6. The van der Waals surface area contributed by atoms with E-state index in [2.05, 4.69) is 11.7 Å². The molecule has 1 aromatic carbocycles. The maximum atomic E-state index is 11.9. The molecule has 0 saturated carbocycles. The molecule has 2 aromatic rings. The standard InChI is InChI=1S/C19H18ClN3O2/c1-5-8-25-19(24)15(11-21)10-16-14(4)22-23(18(16)20)17-7-6-12(2)9-13(17)3/h5-7,9-10H,1,8H2,2-4H3/b15-10+. The Balaban J connectivity index is 2.49. The van der Waals surface area contributed by atoms with Gasteiger partial charge in [-0.25, -0.2) is 9.48 Å². The predicted molar refractivity (Wildman–Crippen MR) is 97.5 cm³/mol. The van der Waals surface area contributed by atoms with Crippen molar-refractivity contribution >= 4 is 23.6 Å². The molecule has 0 saturated heterocycles. The van der Waals surface area contributed by atoms with Crippen LogP contribution >= 0.6 is 11.6 Å². The van der Waals surface area contributed by atoms with Crippen molar-refractivity contribution in [3.05, 3.63) is 64.0 Å². The number of ether oxygens (including phenoxy) is 1. The van der Waals surface area contributed by atoms with Gasteiger partial charge in [-0.15, -0.1) is 0 Å². The Morgan fingerprint density at radius 2 is 2.16 bits per heavy atom. The van der Waals surface area contributed by atoms with Gasteiger partial charge in [-0.2, -0.15) is 10.4 Å². The number of carbonyl (C=O) groups is 1. The zero-order valence-corrected chi connectivity index (χ0v) is 15.1. The van der Waals surface area contributed by atoms with Crippen molar-refractivity contribution in [2.45, 2.75) is 20.8 Å². The van der Waals surface area contributed by atoms with Crippen LogP contribution in [0.15, 0.2) is 36.4 Å². The predicted octanol–water partition coefficient (Wildman–Crippen LogP) is 4.09. The third-order valence-electron chi connectivity index (χ3n) is 3.59. The molecular weight excluding hydrogens is 338 g/mol. The van der Waals surface area contributed by atoms with Gasteiger partial charge in [0.15, 0.2) is 0 Å². The van der Waals surface area contributed by atoms with Gasteiger partial charge in [0, 0.05) is 5.56 Å². The number of aryl methyl sites for hydroxylation is 3. The van der Waals surface area contributed by atoms with E-state index in [1.165, 1.54) is 12.2 Å². The van der Waals surface area contributed by atoms with Crippen LogP contribution < -0.4 is 0 Å². The van der Waals surface area contributed by atoms with Crippen LogP contribution in [0, 0.1) is 32.1 Å². The highest BCUT2D eigenvalue weighted by Crippen LogP contribution is 2.27. The van der Waals surface area contributed by atoms with E-state index >= 15 is 0 Å². The van der Waals surface area contributed by atoms with Gasteiger partial charge < -0.3 is 4.74 Å². The fraction of sp³-hybridized carbons (Fsp3) is 0.211. The third kappa shape index (κ3) is 3.98. The van der Waals surface area contributed by atoms with Gasteiger partial charge in [0.1, 0.15) is 23.4 Å². The first-order valence-corrected chi connectivity index (χ1v) is 7.99. The number of halogens is 1. The number of carbonyl (C=O) groups excluding carboxylic acids is 1. The first kappa shape index (κ1) is 18.5. The quantitative estimate of drug-likeness (QED) is 0.350. The lowest BCUT2D eigenvalue weighted by Gasteiger charge is -2.08. The molecule has 0 fully saturated rings. The molecule has 0 spiro atoms. The molecule has 128 valence electrons. The maximum absolute atomic E-state index is 11.9. The molecule has 5 nitrogen and oxygen atoms in total. The van der Waals surface area contributed by atoms with Gasteiger partial charge in [-0.3, -0.25) is 0 Å². The minimum Gasteiger partial charge on any atom is -0.457 e. The van der Waals surface area contributed by atoms with E-state index in [1.54, 1.807) is 11.6 Å². The molecule has 25 heavy (non-hydrogen) atoms. The van der Waals surface area contributed by atoms with E-state index in [0.717, 1.165) is 16.8 Å². The van der Waals surface area contributed by atoms with Gasteiger partial charge in [-0.1, -0.05) is 42.0 Å². The highest BCUT2D eigenvalue weighted by Gasteiger charge is 2.18. The Morgan fingerprint density at radius 1 is 1.44 bits per heavy atom. The molecule has 0 N–H and O–H groups in total. The Morgan fingerprint density at radius 3 is 2.76 bits per heavy atom. The summed E-state index contributed by atoms with van der Waals surface area (Å²) in [5.74, 6) is -0.725. The molecule has 0 atom stereocenters. The Labute approximate surface area is 151 Å². The molecule has 0 amide bonds. The average Bonchev–Trinajstić information content (AvgIpc) is 2.85. The topological polar surface area (TPSA) is 67.9 Å². The van der Waals surface area contributed by atoms with Crippen molar-refractivity contribution in [1.82, 2.24) is 9.78 Å². The summed E-state index contributed by atoms with van der Waals surface area (Å²) in [6, 6.07) is 7.77. The highest BCUT2D eigenvalue weighted by atomic mass is 35.5. The second kappa shape index (κ2) is 7.82. The van der Waals surface area contributed by atoms with E-state index in [0.29, 0.717) is 16.4 Å². The average molecular weight is 356 g/mol. The fourth-order valence-electron chi connectivity index (χ4n) is 2.37. The van der Waals surface area contributed by atoms with Crippen molar-refractivity contribution in [3.8, 4) is 11.8 Å². The molecule has 2 rings (SSSR count). The number of nitrogens with zero attached hydrogens (tertiary/aromatic N) is 3. The van der Waals surface area contributed by atoms with Gasteiger partial charge >= 0.3 is 5.97 Å². The Hall–Kier alpha value is -2.84. The van der Waals surface area contributed by atoms with Crippen molar-refractivity contribution in [2.75, 3.05) is 6.61 Å². The van der Waals surface area contributed by atoms with E-state index < -0.39 is 5.97 Å². The second-order valence-corrected chi connectivity index (χ2v) is 5.91. The third-order valence-corrected chi connectivity index (χ3v) is 3.95. The van der Waals surface area contributed by atoms with E-state index in [4.69, 9.17) is 16.3 Å². The smallest absolute Gasteiger partial charge is 0.349 e. The van der Waals surface area contributed by atoms with Gasteiger partial charge in [0.25, 0.3) is 0 Å². The minimum atomic E-state index is -0.725. The van der Waals surface area contributed by atoms with Crippen LogP contribution in [0.3, 0.4) is 0 Å². The molecule has 0 aliphatic rings. The fourth-order valence-corrected chi connectivity index (χ4v) is 2.69. The summed E-state index contributed by atoms with van der Waals surface area (Å²) in [6.07, 6.45) is 2.83. The molecule has 0 aliphatic heterocycles. The first-order chi connectivity index (χ1) is 11.9. The van der Waals surface area contributed by atoms with Gasteiger partial charge in [0.2, 0.25) is 0 Å². The highest BCUT2D eigenvalue weighted by molar-refractivity contribution is 6.31. The number of hydrogen-bond donors (Lipinski definition) is 0. The number of aromatic nitrogens is 2. The van der Waals surface area contributed by atoms with Crippen LogP contribution in [0.1, 0.15) is 22.4 Å². The molecule has 1 heterocycles. The number of rotatable bonds is 5. The normalized spacial score (nSPS) is 11.1. The summed E-state index contributed by atoms with van der Waals surface area (Å²) >= 11 is 6.46. The van der Waals surface area contributed by atoms with Crippen molar-refractivity contribution < 1.29 is 9.53 Å². The number of hydrogen-bond acceptors (Lipinski definition) is 4. The van der Waals surface area contributed by atoms with Crippen LogP contribution in [0.25, 0.3) is 11.8 Å². The number of esters is 1. The minimum absolute atomic E-state index is 0.0341. The number of benzene rings is 1. The Kier molecular flexibility index (Phi) is 5.79. The number of nitriles is 1. The van der Waals surface area contributed by atoms with Gasteiger partial charge in [0.05, 0.1) is 11.4 Å². The van der Waals surface area contributed by atoms with Crippen LogP contribution in [0.5, 0.6) is 0 Å². The van der Waals surface area contributed by atoms with Crippen molar-refractivity contribution in [3.63, 3.8) is 0 Å². The van der Waals surface area contributed by atoms with Crippen LogP contribution in [0.2, 0.25) is 5.15 Å². The summed E-state index contributed by atoms with van der Waals surface area (Å²) < 4.78 is 6.50.